The van der Waals surface area contributed by atoms with Crippen LogP contribution < -0.4 is 15.0 Å². The van der Waals surface area contributed by atoms with Crippen molar-refractivity contribution in [3.05, 3.63) is 48.0 Å². The van der Waals surface area contributed by atoms with Gasteiger partial charge in [0.05, 0.1) is 26.2 Å². The van der Waals surface area contributed by atoms with Crippen molar-refractivity contribution < 1.29 is 36.3 Å². The smallest absolute Gasteiger partial charge is 0.246 e. The molecule has 182 valence electrons. The number of nitrogens with zero attached hydrogens (tertiary/aromatic N) is 2. The Morgan fingerprint density at radius 3 is 2.44 bits per heavy atom. The van der Waals surface area contributed by atoms with Crippen LogP contribution in [0, 0.1) is 17.6 Å². The summed E-state index contributed by atoms with van der Waals surface area (Å²) in [6, 6.07) is 6.97. The number of benzene rings is 2. The molecule has 2 amide bonds. The van der Waals surface area contributed by atoms with Crippen LogP contribution in [-0.4, -0.2) is 64.5 Å². The molecule has 12 heteroatoms. The van der Waals surface area contributed by atoms with Crippen molar-refractivity contribution in [2.24, 2.45) is 5.92 Å². The van der Waals surface area contributed by atoms with Gasteiger partial charge in [0.25, 0.3) is 0 Å². The van der Waals surface area contributed by atoms with E-state index in [0.29, 0.717) is 6.07 Å². The maximum absolute atomic E-state index is 13.6. The molecule has 2 fully saturated rings. The van der Waals surface area contributed by atoms with Gasteiger partial charge >= 0.3 is 0 Å². The highest BCUT2D eigenvalue weighted by Crippen LogP contribution is 2.31. The molecule has 0 spiro atoms. The Balaban J connectivity index is 1.52. The molecule has 2 aromatic rings. The number of hydrogen-bond donors (Lipinski definition) is 1. The first-order valence-electron chi connectivity index (χ1n) is 10.5. The molecule has 4 rings (SSSR count). The Hall–Kier alpha value is -3.09. The zero-order chi connectivity index (χ0) is 24.5. The van der Waals surface area contributed by atoms with Crippen LogP contribution >= 0.6 is 0 Å². The molecule has 2 aliphatic rings. The van der Waals surface area contributed by atoms with Crippen LogP contribution in [-0.2, 0) is 24.3 Å². The molecular weight excluding hydrogens is 472 g/mol. The summed E-state index contributed by atoms with van der Waals surface area (Å²) >= 11 is 0. The van der Waals surface area contributed by atoms with Gasteiger partial charge in [-0.05, 0) is 30.3 Å². The van der Waals surface area contributed by atoms with Gasteiger partial charge in [-0.15, -0.1) is 0 Å². The highest BCUT2D eigenvalue weighted by molar-refractivity contribution is 7.89. The Morgan fingerprint density at radius 1 is 1.12 bits per heavy atom. The highest BCUT2D eigenvalue weighted by atomic mass is 32.2. The van der Waals surface area contributed by atoms with Crippen molar-refractivity contribution in [3.8, 4) is 5.75 Å². The second-order valence-corrected chi connectivity index (χ2v) is 9.81. The topological polar surface area (TPSA) is 105 Å². The summed E-state index contributed by atoms with van der Waals surface area (Å²) in [5, 5.41) is 2.64. The lowest BCUT2D eigenvalue weighted by Crippen LogP contribution is -2.40. The second kappa shape index (κ2) is 9.65. The Labute approximate surface area is 195 Å². The van der Waals surface area contributed by atoms with Gasteiger partial charge in [-0.1, -0.05) is 0 Å². The fourth-order valence-corrected chi connectivity index (χ4v) is 5.54. The number of anilines is 2. The van der Waals surface area contributed by atoms with Gasteiger partial charge in [0.2, 0.25) is 21.8 Å². The average Bonchev–Trinajstić information content (AvgIpc) is 3.21. The van der Waals surface area contributed by atoms with Crippen molar-refractivity contribution in [2.75, 3.05) is 50.2 Å². The van der Waals surface area contributed by atoms with Gasteiger partial charge in [0, 0.05) is 43.5 Å². The molecular formula is C22H23F2N3O6S. The van der Waals surface area contributed by atoms with E-state index in [9.17, 15) is 26.8 Å². The Morgan fingerprint density at radius 2 is 1.79 bits per heavy atom. The lowest BCUT2D eigenvalue weighted by molar-refractivity contribution is -0.122. The first kappa shape index (κ1) is 24.0. The molecule has 2 aromatic carbocycles. The molecule has 0 aromatic heterocycles. The van der Waals surface area contributed by atoms with E-state index >= 15 is 0 Å². The van der Waals surface area contributed by atoms with Gasteiger partial charge in [-0.2, -0.15) is 4.31 Å². The van der Waals surface area contributed by atoms with E-state index in [-0.39, 0.29) is 61.3 Å². The van der Waals surface area contributed by atoms with Crippen molar-refractivity contribution in [1.82, 2.24) is 4.31 Å². The van der Waals surface area contributed by atoms with Gasteiger partial charge in [0.15, 0.2) is 0 Å². The Kier molecular flexibility index (Phi) is 6.82. The highest BCUT2D eigenvalue weighted by Gasteiger charge is 2.36. The molecule has 2 aliphatic heterocycles. The summed E-state index contributed by atoms with van der Waals surface area (Å²) in [4.78, 5) is 26.3. The standard InChI is InChI=1S/C22H23F2N3O6S/c1-32-19-3-2-17(12-20(19)34(30,31)26-4-6-33-7-5-26)25-22(29)14-8-21(28)27(13-14)18-10-15(23)9-16(24)11-18/h2-3,9-12,14H,4-8,13H2,1H3,(H,25,29). The predicted molar refractivity (Wildman–Crippen MR) is 118 cm³/mol. The van der Waals surface area contributed by atoms with E-state index in [2.05, 4.69) is 5.32 Å². The lowest BCUT2D eigenvalue weighted by Gasteiger charge is -2.27. The largest absolute Gasteiger partial charge is 0.495 e. The molecule has 0 radical (unpaired) electrons. The fraction of sp³-hybridized carbons (Fsp3) is 0.364. The monoisotopic (exact) mass is 495 g/mol. The summed E-state index contributed by atoms with van der Waals surface area (Å²) in [7, 11) is -2.55. The number of carbonyl (C=O) groups is 2. The third kappa shape index (κ3) is 4.88. The van der Waals surface area contributed by atoms with E-state index < -0.39 is 39.4 Å². The minimum absolute atomic E-state index is 0.0288. The number of hydrogen-bond acceptors (Lipinski definition) is 6. The van der Waals surface area contributed by atoms with Gasteiger partial charge < -0.3 is 19.7 Å². The minimum Gasteiger partial charge on any atom is -0.495 e. The van der Waals surface area contributed by atoms with E-state index in [4.69, 9.17) is 9.47 Å². The average molecular weight is 496 g/mol. The van der Waals surface area contributed by atoms with Crippen LogP contribution in [0.3, 0.4) is 0 Å². The van der Waals surface area contributed by atoms with Gasteiger partial charge in [-0.25, -0.2) is 17.2 Å². The Bertz CT molecular complexity index is 1200. The molecule has 0 bridgehead atoms. The molecule has 1 N–H and O–H groups in total. The van der Waals surface area contributed by atoms with Crippen molar-refractivity contribution in [2.45, 2.75) is 11.3 Å². The van der Waals surface area contributed by atoms with Crippen LogP contribution in [0.15, 0.2) is 41.3 Å². The SMILES string of the molecule is COc1ccc(NC(=O)C2CC(=O)N(c3cc(F)cc(F)c3)C2)cc1S(=O)(=O)N1CCOCC1. The molecule has 2 saturated heterocycles. The van der Waals surface area contributed by atoms with Crippen LogP contribution in [0.4, 0.5) is 20.2 Å². The van der Waals surface area contributed by atoms with Crippen molar-refractivity contribution in [1.29, 1.82) is 0 Å². The van der Waals surface area contributed by atoms with Crippen LogP contribution in [0.1, 0.15) is 6.42 Å². The predicted octanol–water partition coefficient (Wildman–Crippen LogP) is 1.99. The zero-order valence-corrected chi connectivity index (χ0v) is 19.1. The summed E-state index contributed by atoms with van der Waals surface area (Å²) in [6.07, 6.45) is -0.154. The maximum atomic E-state index is 13.6. The summed E-state index contributed by atoms with van der Waals surface area (Å²) in [5.74, 6) is -3.30. The summed E-state index contributed by atoms with van der Waals surface area (Å²) in [5.41, 5.74) is 0.237. The molecule has 34 heavy (non-hydrogen) atoms. The third-order valence-electron chi connectivity index (χ3n) is 5.67. The van der Waals surface area contributed by atoms with Crippen molar-refractivity contribution in [3.63, 3.8) is 0 Å². The van der Waals surface area contributed by atoms with E-state index in [1.807, 2.05) is 0 Å². The maximum Gasteiger partial charge on any atom is 0.246 e. The lowest BCUT2D eigenvalue weighted by atomic mass is 10.1. The number of amides is 2. The molecule has 0 aliphatic carbocycles. The fourth-order valence-electron chi connectivity index (χ4n) is 3.95. The number of morpholine rings is 1. The number of methoxy groups -OCH3 is 1. The number of nitrogens with one attached hydrogen (secondary N) is 1. The van der Waals surface area contributed by atoms with E-state index in [1.54, 1.807) is 0 Å². The molecule has 9 nitrogen and oxygen atoms in total. The number of rotatable bonds is 6. The first-order valence-corrected chi connectivity index (χ1v) is 12.0. The van der Waals surface area contributed by atoms with Crippen molar-refractivity contribution >= 4 is 33.2 Å². The van der Waals surface area contributed by atoms with Gasteiger partial charge in [-0.3, -0.25) is 9.59 Å². The summed E-state index contributed by atoms with van der Waals surface area (Å²) in [6.45, 7) is 0.882. The zero-order valence-electron chi connectivity index (χ0n) is 18.3. The number of carbonyl (C=O) groups excluding carboxylic acids is 2. The molecule has 1 unspecified atom stereocenters. The van der Waals surface area contributed by atoms with Crippen LogP contribution in [0.2, 0.25) is 0 Å². The first-order chi connectivity index (χ1) is 16.2. The molecule has 1 atom stereocenters. The molecule has 2 heterocycles. The summed E-state index contributed by atoms with van der Waals surface area (Å²) < 4.78 is 65.1. The van der Waals surface area contributed by atoms with Crippen LogP contribution in [0.25, 0.3) is 0 Å². The number of ether oxygens (including phenoxy) is 2. The second-order valence-electron chi connectivity index (χ2n) is 7.90. The minimum atomic E-state index is -3.90. The van der Waals surface area contributed by atoms with E-state index in [0.717, 1.165) is 17.0 Å². The quantitative estimate of drug-likeness (QED) is 0.657. The van der Waals surface area contributed by atoms with Crippen LogP contribution in [0.5, 0.6) is 5.75 Å². The third-order valence-corrected chi connectivity index (χ3v) is 7.59. The molecule has 0 saturated carbocycles. The number of halogens is 2. The number of sulfonamides is 1. The van der Waals surface area contributed by atoms with E-state index in [1.165, 1.54) is 29.6 Å². The normalized spacial score (nSPS) is 19.3. The van der Waals surface area contributed by atoms with Gasteiger partial charge in [0.1, 0.15) is 22.3 Å².